The molecule has 5 nitrogen and oxygen atoms in total. The minimum atomic E-state index is -3.60. The van der Waals surface area contributed by atoms with Crippen molar-refractivity contribution >= 4 is 10.0 Å². The number of hydrogen-bond donors (Lipinski definition) is 1. The predicted octanol–water partition coefficient (Wildman–Crippen LogP) is 3.49. The molecule has 27 heavy (non-hydrogen) atoms. The lowest BCUT2D eigenvalue weighted by molar-refractivity contribution is 0.401. The molecule has 0 bridgehead atoms. The van der Waals surface area contributed by atoms with Crippen LogP contribution in [0.15, 0.2) is 41.3 Å². The first-order valence-electron chi connectivity index (χ1n) is 9.36. The van der Waals surface area contributed by atoms with Crippen LogP contribution in [-0.4, -0.2) is 29.2 Å². The van der Waals surface area contributed by atoms with Crippen molar-refractivity contribution in [2.24, 2.45) is 0 Å². The van der Waals surface area contributed by atoms with E-state index in [0.29, 0.717) is 12.3 Å². The number of benzene rings is 2. The van der Waals surface area contributed by atoms with Crippen LogP contribution in [0.4, 0.5) is 0 Å². The second-order valence-corrected chi connectivity index (χ2v) is 8.56. The maximum Gasteiger partial charge on any atom is 0.244 e. The average Bonchev–Trinajstić information content (AvgIpc) is 2.70. The molecule has 0 unspecified atom stereocenters. The molecule has 2 aromatic carbocycles. The number of rotatable bonds is 8. The van der Waals surface area contributed by atoms with Crippen molar-refractivity contribution in [3.8, 4) is 11.5 Å². The number of fused-ring (bicyclic) bond motifs is 1. The van der Waals surface area contributed by atoms with Crippen LogP contribution in [0.2, 0.25) is 0 Å². The molecule has 0 radical (unpaired) electrons. The normalized spacial score (nSPS) is 13.9. The summed E-state index contributed by atoms with van der Waals surface area (Å²) >= 11 is 0. The van der Waals surface area contributed by atoms with Gasteiger partial charge in [-0.25, -0.2) is 13.1 Å². The fourth-order valence-electron chi connectivity index (χ4n) is 3.48. The third kappa shape index (κ3) is 4.82. The van der Waals surface area contributed by atoms with Gasteiger partial charge in [0.05, 0.1) is 14.2 Å². The van der Waals surface area contributed by atoms with Crippen molar-refractivity contribution < 1.29 is 17.9 Å². The topological polar surface area (TPSA) is 64.6 Å². The molecule has 6 heteroatoms. The molecule has 0 saturated heterocycles. The molecule has 0 saturated carbocycles. The Morgan fingerprint density at radius 3 is 2.26 bits per heavy atom. The van der Waals surface area contributed by atoms with E-state index >= 15 is 0 Å². The summed E-state index contributed by atoms with van der Waals surface area (Å²) in [7, 11) is -0.438. The van der Waals surface area contributed by atoms with Crippen LogP contribution in [0.5, 0.6) is 11.5 Å². The summed E-state index contributed by atoms with van der Waals surface area (Å²) in [5.74, 6) is 1.25. The molecule has 146 valence electrons. The smallest absolute Gasteiger partial charge is 0.244 e. The van der Waals surface area contributed by atoms with Crippen LogP contribution in [0.3, 0.4) is 0 Å². The van der Waals surface area contributed by atoms with Crippen molar-refractivity contribution in [3.05, 3.63) is 53.1 Å². The highest BCUT2D eigenvalue weighted by atomic mass is 32.2. The second kappa shape index (κ2) is 8.76. The summed E-state index contributed by atoms with van der Waals surface area (Å²) in [6.07, 6.45) is 5.69. The third-order valence-corrected chi connectivity index (χ3v) is 6.49. The van der Waals surface area contributed by atoms with Crippen LogP contribution in [0.25, 0.3) is 0 Å². The molecule has 3 rings (SSSR count). The Hall–Kier alpha value is -2.05. The molecule has 0 heterocycles. The summed E-state index contributed by atoms with van der Waals surface area (Å²) in [5, 5.41) is 0. The van der Waals surface area contributed by atoms with Crippen molar-refractivity contribution in [2.75, 3.05) is 20.8 Å². The van der Waals surface area contributed by atoms with Gasteiger partial charge in [0.1, 0.15) is 16.4 Å². The van der Waals surface area contributed by atoms with E-state index in [-0.39, 0.29) is 4.90 Å². The molecule has 2 aromatic rings. The summed E-state index contributed by atoms with van der Waals surface area (Å²) in [5.41, 5.74) is 3.48. The minimum absolute atomic E-state index is 0.245. The van der Waals surface area contributed by atoms with Crippen molar-refractivity contribution in [3.63, 3.8) is 0 Å². The first-order chi connectivity index (χ1) is 13.0. The molecule has 0 spiro atoms. The second-order valence-electron chi connectivity index (χ2n) is 6.83. The van der Waals surface area contributed by atoms with Gasteiger partial charge in [0.2, 0.25) is 10.0 Å². The Bertz CT molecular complexity index is 876. The summed E-state index contributed by atoms with van der Waals surface area (Å²) < 4.78 is 38.8. The van der Waals surface area contributed by atoms with E-state index in [1.807, 2.05) is 30.3 Å². The Morgan fingerprint density at radius 2 is 1.63 bits per heavy atom. The van der Waals surface area contributed by atoms with Gasteiger partial charge in [-0.1, -0.05) is 12.1 Å². The summed E-state index contributed by atoms with van der Waals surface area (Å²) in [6, 6.07) is 11.5. The van der Waals surface area contributed by atoms with Gasteiger partial charge in [-0.05, 0) is 79.5 Å². The zero-order chi connectivity index (χ0) is 19.3. The number of hydrogen-bond acceptors (Lipinski definition) is 4. The monoisotopic (exact) mass is 389 g/mol. The number of ether oxygens (including phenoxy) is 2. The molecule has 0 amide bonds. The highest BCUT2D eigenvalue weighted by Gasteiger charge is 2.22. The first-order valence-corrected chi connectivity index (χ1v) is 10.8. The largest absolute Gasteiger partial charge is 0.497 e. The van der Waals surface area contributed by atoms with Crippen LogP contribution >= 0.6 is 0 Å². The van der Waals surface area contributed by atoms with Gasteiger partial charge in [0.15, 0.2) is 0 Å². The SMILES string of the molecule is COc1ccc(CCCNS(=O)(=O)c2cc3c(cc2OC)CCCC3)cc1. The van der Waals surface area contributed by atoms with Gasteiger partial charge in [-0.3, -0.25) is 0 Å². The van der Waals surface area contributed by atoms with E-state index in [1.165, 1.54) is 12.7 Å². The molecular formula is C21H27NO4S. The Kier molecular flexibility index (Phi) is 6.39. The van der Waals surface area contributed by atoms with Gasteiger partial charge in [0.25, 0.3) is 0 Å². The number of methoxy groups -OCH3 is 2. The lowest BCUT2D eigenvalue weighted by Crippen LogP contribution is -2.26. The lowest BCUT2D eigenvalue weighted by atomic mass is 9.92. The molecule has 0 aliphatic heterocycles. The molecule has 1 aliphatic rings. The van der Waals surface area contributed by atoms with Gasteiger partial charge in [0, 0.05) is 6.54 Å². The van der Waals surface area contributed by atoms with Gasteiger partial charge in [-0.2, -0.15) is 0 Å². The van der Waals surface area contributed by atoms with Crippen LogP contribution in [0.1, 0.15) is 36.0 Å². The molecule has 1 aliphatic carbocycles. The van der Waals surface area contributed by atoms with Crippen LogP contribution < -0.4 is 14.2 Å². The fourth-order valence-corrected chi connectivity index (χ4v) is 4.75. The van der Waals surface area contributed by atoms with Crippen molar-refractivity contribution in [1.82, 2.24) is 4.72 Å². The Morgan fingerprint density at radius 1 is 0.963 bits per heavy atom. The van der Waals surface area contributed by atoms with E-state index < -0.39 is 10.0 Å². The van der Waals surface area contributed by atoms with Gasteiger partial charge < -0.3 is 9.47 Å². The maximum absolute atomic E-state index is 12.8. The zero-order valence-electron chi connectivity index (χ0n) is 16.0. The van der Waals surface area contributed by atoms with E-state index in [4.69, 9.17) is 9.47 Å². The van der Waals surface area contributed by atoms with Gasteiger partial charge >= 0.3 is 0 Å². The van der Waals surface area contributed by atoms with Crippen LogP contribution in [-0.2, 0) is 29.3 Å². The highest BCUT2D eigenvalue weighted by molar-refractivity contribution is 7.89. The van der Waals surface area contributed by atoms with Crippen LogP contribution in [0, 0.1) is 0 Å². The van der Waals surface area contributed by atoms with Gasteiger partial charge in [-0.15, -0.1) is 0 Å². The summed E-state index contributed by atoms with van der Waals surface area (Å²) in [6.45, 7) is 0.384. The Balaban J connectivity index is 1.64. The van der Waals surface area contributed by atoms with E-state index in [1.54, 1.807) is 13.2 Å². The van der Waals surface area contributed by atoms with Crippen molar-refractivity contribution in [2.45, 2.75) is 43.4 Å². The molecule has 0 fully saturated rings. The Labute approximate surface area is 161 Å². The summed E-state index contributed by atoms with van der Waals surface area (Å²) in [4.78, 5) is 0.245. The number of aryl methyl sites for hydroxylation is 3. The molecule has 0 aromatic heterocycles. The minimum Gasteiger partial charge on any atom is -0.497 e. The standard InChI is InChI=1S/C21H27NO4S/c1-25-19-11-9-16(10-12-19)6-5-13-22-27(23,24)21-15-18-8-4-3-7-17(18)14-20(21)26-2/h9-12,14-15,22H,3-8,13H2,1-2H3. The van der Waals surface area contributed by atoms with Crippen molar-refractivity contribution in [1.29, 1.82) is 0 Å². The number of sulfonamides is 1. The fraction of sp³-hybridized carbons (Fsp3) is 0.429. The average molecular weight is 390 g/mol. The number of nitrogens with one attached hydrogen (secondary N) is 1. The maximum atomic E-state index is 12.8. The first kappa shape index (κ1) is 19.7. The molecule has 0 atom stereocenters. The lowest BCUT2D eigenvalue weighted by Gasteiger charge is -2.19. The van der Waals surface area contributed by atoms with E-state index in [2.05, 4.69) is 4.72 Å². The quantitative estimate of drug-likeness (QED) is 0.702. The highest BCUT2D eigenvalue weighted by Crippen LogP contribution is 2.31. The molecule has 1 N–H and O–H groups in total. The van der Waals surface area contributed by atoms with E-state index in [0.717, 1.165) is 55.4 Å². The molecular weight excluding hydrogens is 362 g/mol. The third-order valence-electron chi connectivity index (χ3n) is 5.01. The zero-order valence-corrected chi connectivity index (χ0v) is 16.8. The predicted molar refractivity (Wildman–Crippen MR) is 106 cm³/mol. The van der Waals surface area contributed by atoms with E-state index in [9.17, 15) is 8.42 Å².